The van der Waals surface area contributed by atoms with Crippen molar-refractivity contribution < 1.29 is 0 Å². The summed E-state index contributed by atoms with van der Waals surface area (Å²) in [5.41, 5.74) is 2.61. The first-order valence-electron chi connectivity index (χ1n) is 6.16. The van der Waals surface area contributed by atoms with E-state index in [9.17, 15) is 0 Å². The van der Waals surface area contributed by atoms with Crippen LogP contribution >= 0.6 is 11.6 Å². The van der Waals surface area contributed by atoms with Crippen LogP contribution < -0.4 is 5.32 Å². The first kappa shape index (κ1) is 12.9. The first-order chi connectivity index (χ1) is 8.69. The molecule has 2 nitrogen and oxygen atoms in total. The highest BCUT2D eigenvalue weighted by atomic mass is 35.5. The lowest BCUT2D eigenvalue weighted by Crippen LogP contribution is -2.07. The molecule has 0 saturated carbocycles. The summed E-state index contributed by atoms with van der Waals surface area (Å²) in [5, 5.41) is 4.01. The molecule has 1 heterocycles. The van der Waals surface area contributed by atoms with E-state index in [2.05, 4.69) is 48.4 Å². The van der Waals surface area contributed by atoms with Crippen molar-refractivity contribution in [2.45, 2.75) is 26.3 Å². The topological polar surface area (TPSA) is 24.9 Å². The van der Waals surface area contributed by atoms with Gasteiger partial charge in [-0.05, 0) is 36.6 Å². The van der Waals surface area contributed by atoms with Crippen molar-refractivity contribution >= 4 is 17.4 Å². The maximum Gasteiger partial charge on any atom is 0.126 e. The molecule has 3 heteroatoms. The summed E-state index contributed by atoms with van der Waals surface area (Å²) in [7, 11) is 0. The molecule has 1 aromatic heterocycles. The monoisotopic (exact) mass is 260 g/mol. The van der Waals surface area contributed by atoms with E-state index >= 15 is 0 Å². The van der Waals surface area contributed by atoms with Crippen molar-refractivity contribution in [3.05, 3.63) is 58.7 Å². The summed E-state index contributed by atoms with van der Waals surface area (Å²) in [4.78, 5) is 4.23. The maximum atomic E-state index is 5.81. The number of nitrogens with one attached hydrogen (secondary N) is 1. The van der Waals surface area contributed by atoms with E-state index in [1.54, 1.807) is 6.20 Å². The molecule has 94 valence electrons. The van der Waals surface area contributed by atoms with Crippen LogP contribution in [0.5, 0.6) is 0 Å². The highest BCUT2D eigenvalue weighted by Crippen LogP contribution is 2.19. The molecule has 0 aliphatic carbocycles. The van der Waals surface area contributed by atoms with Gasteiger partial charge in [0.15, 0.2) is 0 Å². The van der Waals surface area contributed by atoms with E-state index in [4.69, 9.17) is 11.6 Å². The van der Waals surface area contributed by atoms with Crippen LogP contribution in [0.2, 0.25) is 5.02 Å². The minimum atomic E-state index is 0.226. The maximum absolute atomic E-state index is 5.81. The Hall–Kier alpha value is -1.54. The minimum Gasteiger partial charge on any atom is -0.364 e. The van der Waals surface area contributed by atoms with Crippen LogP contribution in [0, 0.1) is 0 Å². The molecule has 0 aliphatic heterocycles. The number of aromatic nitrogens is 1. The average molecular weight is 261 g/mol. The van der Waals surface area contributed by atoms with Crippen molar-refractivity contribution in [1.82, 2.24) is 4.98 Å². The molecule has 0 aliphatic rings. The predicted molar refractivity (Wildman–Crippen MR) is 77.1 cm³/mol. The summed E-state index contributed by atoms with van der Waals surface area (Å²) < 4.78 is 0. The van der Waals surface area contributed by atoms with Crippen LogP contribution in [0.15, 0.2) is 42.6 Å². The predicted octanol–water partition coefficient (Wildman–Crippen LogP) is 4.47. The summed E-state index contributed by atoms with van der Waals surface area (Å²) >= 11 is 5.81. The number of rotatable bonds is 4. The fourth-order valence-corrected chi connectivity index (χ4v) is 1.92. The summed E-state index contributed by atoms with van der Waals surface area (Å²) in [5.74, 6) is 0.839. The van der Waals surface area contributed by atoms with E-state index < -0.39 is 0 Å². The number of anilines is 1. The van der Waals surface area contributed by atoms with Gasteiger partial charge in [-0.2, -0.15) is 0 Å². The third kappa shape index (κ3) is 3.23. The molecule has 0 amide bonds. The Morgan fingerprint density at radius 2 is 1.89 bits per heavy atom. The molecule has 0 fully saturated rings. The Bertz CT molecular complexity index is 491. The first-order valence-corrected chi connectivity index (χ1v) is 6.53. The van der Waals surface area contributed by atoms with Gasteiger partial charge in [0.1, 0.15) is 5.82 Å². The van der Waals surface area contributed by atoms with Gasteiger partial charge in [0, 0.05) is 12.2 Å². The van der Waals surface area contributed by atoms with Crippen LogP contribution in [-0.2, 0) is 6.42 Å². The highest BCUT2D eigenvalue weighted by molar-refractivity contribution is 6.30. The molecule has 1 aromatic carbocycles. The molecule has 1 unspecified atom stereocenters. The number of benzene rings is 1. The molecule has 0 saturated heterocycles. The van der Waals surface area contributed by atoms with E-state index in [1.165, 1.54) is 11.1 Å². The summed E-state index contributed by atoms with van der Waals surface area (Å²) in [6, 6.07) is 12.6. The average Bonchev–Trinajstić information content (AvgIpc) is 2.41. The van der Waals surface area contributed by atoms with Gasteiger partial charge in [0.25, 0.3) is 0 Å². The fourth-order valence-electron chi connectivity index (χ4n) is 1.81. The van der Waals surface area contributed by atoms with Crippen molar-refractivity contribution in [2.75, 3.05) is 5.32 Å². The zero-order valence-corrected chi connectivity index (χ0v) is 11.4. The number of aryl methyl sites for hydroxylation is 1. The van der Waals surface area contributed by atoms with E-state index in [0.717, 1.165) is 12.2 Å². The summed E-state index contributed by atoms with van der Waals surface area (Å²) in [6.45, 7) is 4.28. The SMILES string of the molecule is CCc1ccc(C(C)Nc2ccc(Cl)cn2)cc1. The van der Waals surface area contributed by atoms with Crippen LogP contribution in [0.25, 0.3) is 0 Å². The lowest BCUT2D eigenvalue weighted by molar-refractivity contribution is 0.873. The molecular formula is C15H17ClN2. The lowest BCUT2D eigenvalue weighted by atomic mass is 10.1. The Balaban J connectivity index is 2.06. The van der Waals surface area contributed by atoms with Crippen LogP contribution in [0.1, 0.15) is 31.0 Å². The third-order valence-corrected chi connectivity index (χ3v) is 3.20. The number of hydrogen-bond donors (Lipinski definition) is 1. The van der Waals surface area contributed by atoms with E-state index in [-0.39, 0.29) is 6.04 Å². The standard InChI is InChI=1S/C15H17ClN2/c1-3-12-4-6-13(7-5-12)11(2)18-15-9-8-14(16)10-17-15/h4-11H,3H2,1-2H3,(H,17,18). The zero-order valence-electron chi connectivity index (χ0n) is 10.7. The van der Waals surface area contributed by atoms with Gasteiger partial charge in [-0.1, -0.05) is 42.8 Å². The number of nitrogens with zero attached hydrogens (tertiary/aromatic N) is 1. The van der Waals surface area contributed by atoms with Gasteiger partial charge in [0.05, 0.1) is 5.02 Å². The Kier molecular flexibility index (Phi) is 4.21. The molecule has 18 heavy (non-hydrogen) atoms. The number of hydrogen-bond acceptors (Lipinski definition) is 2. The third-order valence-electron chi connectivity index (χ3n) is 2.98. The minimum absolute atomic E-state index is 0.226. The molecule has 0 radical (unpaired) electrons. The second-order valence-corrected chi connectivity index (χ2v) is 4.76. The van der Waals surface area contributed by atoms with Crippen LogP contribution in [-0.4, -0.2) is 4.98 Å². The van der Waals surface area contributed by atoms with Crippen LogP contribution in [0.3, 0.4) is 0 Å². The molecule has 0 spiro atoms. The smallest absolute Gasteiger partial charge is 0.126 e. The Labute approximate surface area is 113 Å². The van der Waals surface area contributed by atoms with Crippen molar-refractivity contribution in [3.8, 4) is 0 Å². The normalized spacial score (nSPS) is 12.2. The van der Waals surface area contributed by atoms with Gasteiger partial charge in [-0.25, -0.2) is 4.98 Å². The second kappa shape index (κ2) is 5.87. The second-order valence-electron chi connectivity index (χ2n) is 4.32. The van der Waals surface area contributed by atoms with Crippen LogP contribution in [0.4, 0.5) is 5.82 Å². The van der Waals surface area contributed by atoms with Gasteiger partial charge < -0.3 is 5.32 Å². The Morgan fingerprint density at radius 3 is 2.44 bits per heavy atom. The molecule has 1 atom stereocenters. The highest BCUT2D eigenvalue weighted by Gasteiger charge is 2.05. The van der Waals surface area contributed by atoms with Crippen molar-refractivity contribution in [3.63, 3.8) is 0 Å². The molecular weight excluding hydrogens is 244 g/mol. The number of halogens is 1. The molecule has 2 aromatic rings. The van der Waals surface area contributed by atoms with Crippen molar-refractivity contribution in [2.24, 2.45) is 0 Å². The number of pyridine rings is 1. The molecule has 0 bridgehead atoms. The Morgan fingerprint density at radius 1 is 1.17 bits per heavy atom. The van der Waals surface area contributed by atoms with E-state index in [0.29, 0.717) is 5.02 Å². The van der Waals surface area contributed by atoms with Gasteiger partial charge in [0.2, 0.25) is 0 Å². The van der Waals surface area contributed by atoms with Gasteiger partial charge in [-0.3, -0.25) is 0 Å². The van der Waals surface area contributed by atoms with E-state index in [1.807, 2.05) is 12.1 Å². The van der Waals surface area contributed by atoms with Gasteiger partial charge >= 0.3 is 0 Å². The zero-order chi connectivity index (χ0) is 13.0. The fraction of sp³-hybridized carbons (Fsp3) is 0.267. The van der Waals surface area contributed by atoms with Gasteiger partial charge in [-0.15, -0.1) is 0 Å². The largest absolute Gasteiger partial charge is 0.364 e. The summed E-state index contributed by atoms with van der Waals surface area (Å²) in [6.07, 6.45) is 2.72. The quantitative estimate of drug-likeness (QED) is 0.877. The molecule has 2 rings (SSSR count). The van der Waals surface area contributed by atoms with Crippen molar-refractivity contribution in [1.29, 1.82) is 0 Å². The molecule has 1 N–H and O–H groups in total. The lowest BCUT2D eigenvalue weighted by Gasteiger charge is -2.15.